The lowest BCUT2D eigenvalue weighted by Crippen LogP contribution is -2.49. The van der Waals surface area contributed by atoms with Crippen LogP contribution in [-0.2, 0) is 57.3 Å². The molecule has 0 aromatic rings. The number of ketones is 4. The molecular weight excluding hydrogens is 869 g/mol. The summed E-state index contributed by atoms with van der Waals surface area (Å²) in [6.45, 7) is 6.58. The first-order valence-corrected chi connectivity index (χ1v) is 24.9. The number of carboxylic acids is 2. The van der Waals surface area contributed by atoms with Crippen LogP contribution in [0.5, 0.6) is 0 Å². The van der Waals surface area contributed by atoms with Gasteiger partial charge in [-0.15, -0.1) is 0 Å². The fourth-order valence-corrected chi connectivity index (χ4v) is 6.97. The van der Waals surface area contributed by atoms with Crippen molar-refractivity contribution in [2.24, 2.45) is 11.7 Å². The summed E-state index contributed by atoms with van der Waals surface area (Å²) in [5.74, 6) is -3.59. The van der Waals surface area contributed by atoms with Gasteiger partial charge in [-0.1, -0.05) is 77.0 Å². The van der Waals surface area contributed by atoms with Crippen LogP contribution < -0.4 is 21.7 Å². The van der Waals surface area contributed by atoms with Gasteiger partial charge in [0, 0.05) is 54.7 Å². The number of hydrogen-bond acceptors (Lipinski definition) is 14. The van der Waals surface area contributed by atoms with Crippen molar-refractivity contribution in [1.29, 1.82) is 0 Å². The Morgan fingerprint density at radius 1 is 0.537 bits per heavy atom. The van der Waals surface area contributed by atoms with Crippen LogP contribution in [-0.4, -0.2) is 141 Å². The predicted octanol–water partition coefficient (Wildman–Crippen LogP) is 5.92. The van der Waals surface area contributed by atoms with Gasteiger partial charge in [-0.3, -0.25) is 38.4 Å². The van der Waals surface area contributed by atoms with Gasteiger partial charge in [-0.05, 0) is 65.7 Å². The van der Waals surface area contributed by atoms with Gasteiger partial charge in [-0.25, -0.2) is 0 Å². The van der Waals surface area contributed by atoms with Crippen molar-refractivity contribution in [3.8, 4) is 0 Å². The molecule has 0 aliphatic carbocycles. The SMILES string of the molecule is CC(=O)C(CCCCNC(=O)COCCOCCNC(=O)COCCOCCCC(=O)CC[C@H](CC(=O)CCCCCCCCCCCCCCCCC(=O)O)C(=O)O)NCC(=O)C(C)(C)N.[HH].[HH]. The zero-order valence-electron chi connectivity index (χ0n) is 41.3. The average molecular weight is 961 g/mol. The summed E-state index contributed by atoms with van der Waals surface area (Å²) in [6, 6.07) is -0.448. The van der Waals surface area contributed by atoms with E-state index in [1.165, 1.54) is 51.9 Å². The van der Waals surface area contributed by atoms with Crippen molar-refractivity contribution >= 4 is 46.9 Å². The molecule has 0 spiro atoms. The summed E-state index contributed by atoms with van der Waals surface area (Å²) in [6.07, 6.45) is 18.7. The second kappa shape index (κ2) is 42.4. The molecule has 7 N–H and O–H groups in total. The molecule has 2 amide bonds. The van der Waals surface area contributed by atoms with Crippen LogP contribution in [0.15, 0.2) is 0 Å². The first kappa shape index (κ1) is 63.3. The summed E-state index contributed by atoms with van der Waals surface area (Å²) in [5, 5.41) is 26.7. The van der Waals surface area contributed by atoms with E-state index in [4.69, 9.17) is 29.8 Å². The van der Waals surface area contributed by atoms with Crippen molar-refractivity contribution in [2.45, 2.75) is 186 Å². The van der Waals surface area contributed by atoms with E-state index in [2.05, 4.69) is 16.0 Å². The van der Waals surface area contributed by atoms with Crippen LogP contribution in [0.4, 0.5) is 0 Å². The first-order chi connectivity index (χ1) is 32.0. The number of rotatable bonds is 50. The number of nitrogens with two attached hydrogens (primary N) is 1. The number of carboxylic acid groups (broad SMARTS) is 2. The molecule has 1 unspecified atom stereocenters. The van der Waals surface area contributed by atoms with Gasteiger partial charge in [0.15, 0.2) is 5.78 Å². The molecule has 67 heavy (non-hydrogen) atoms. The van der Waals surface area contributed by atoms with Gasteiger partial charge < -0.3 is 50.8 Å². The number of hydrogen-bond donors (Lipinski definition) is 6. The minimum atomic E-state index is -1.05. The van der Waals surface area contributed by atoms with Crippen molar-refractivity contribution in [3.63, 3.8) is 0 Å². The third-order valence-electron chi connectivity index (χ3n) is 11.2. The van der Waals surface area contributed by atoms with Crippen molar-refractivity contribution < 1.29 is 70.4 Å². The summed E-state index contributed by atoms with van der Waals surface area (Å²) < 4.78 is 21.5. The number of amides is 2. The van der Waals surface area contributed by atoms with Crippen LogP contribution in [0.2, 0.25) is 0 Å². The number of aliphatic carboxylic acids is 2. The smallest absolute Gasteiger partial charge is 0.306 e. The van der Waals surface area contributed by atoms with E-state index in [9.17, 15) is 43.5 Å². The maximum atomic E-state index is 12.5. The van der Waals surface area contributed by atoms with Crippen molar-refractivity contribution in [1.82, 2.24) is 16.0 Å². The Hall–Kier alpha value is -3.68. The zero-order chi connectivity index (χ0) is 50.0. The van der Waals surface area contributed by atoms with E-state index in [-0.39, 0.29) is 129 Å². The summed E-state index contributed by atoms with van der Waals surface area (Å²) in [5.41, 5.74) is 4.82. The Labute approximate surface area is 403 Å². The third kappa shape index (κ3) is 42.2. The fourth-order valence-electron chi connectivity index (χ4n) is 6.97. The van der Waals surface area contributed by atoms with E-state index in [1.54, 1.807) is 13.8 Å². The van der Waals surface area contributed by atoms with Crippen LogP contribution in [0.1, 0.15) is 178 Å². The first-order valence-electron chi connectivity index (χ1n) is 24.9. The van der Waals surface area contributed by atoms with Crippen molar-refractivity contribution in [2.75, 3.05) is 72.5 Å². The molecule has 0 saturated heterocycles. The van der Waals surface area contributed by atoms with E-state index in [0.29, 0.717) is 45.3 Å². The lowest BCUT2D eigenvalue weighted by molar-refractivity contribution is -0.144. The predicted molar refractivity (Wildman–Crippen MR) is 259 cm³/mol. The maximum Gasteiger partial charge on any atom is 0.306 e. The molecule has 392 valence electrons. The lowest BCUT2D eigenvalue weighted by Gasteiger charge is -2.20. The van der Waals surface area contributed by atoms with E-state index < -0.39 is 29.4 Å². The largest absolute Gasteiger partial charge is 0.481 e. The van der Waals surface area contributed by atoms with Gasteiger partial charge in [0.25, 0.3) is 0 Å². The van der Waals surface area contributed by atoms with Gasteiger partial charge in [0.2, 0.25) is 11.8 Å². The molecule has 0 aromatic carbocycles. The highest BCUT2D eigenvalue weighted by Gasteiger charge is 2.24. The molecule has 0 fully saturated rings. The van der Waals surface area contributed by atoms with Gasteiger partial charge >= 0.3 is 11.9 Å². The van der Waals surface area contributed by atoms with Crippen LogP contribution in [0.25, 0.3) is 0 Å². The minimum Gasteiger partial charge on any atom is -0.481 e. The molecule has 0 aliphatic rings. The second-order valence-corrected chi connectivity index (χ2v) is 18.0. The zero-order valence-corrected chi connectivity index (χ0v) is 41.3. The molecule has 0 saturated carbocycles. The quantitative estimate of drug-likeness (QED) is 0.0386. The van der Waals surface area contributed by atoms with Crippen LogP contribution in [0.3, 0.4) is 0 Å². The molecular formula is C49H92N4O14. The molecule has 0 heterocycles. The monoisotopic (exact) mass is 961 g/mol. The number of carbonyl (C=O) groups is 8. The molecule has 18 heteroatoms. The number of Topliss-reactive ketones (excluding diaryl/α,β-unsaturated/α-hetero) is 4. The normalized spacial score (nSPS) is 12.4. The van der Waals surface area contributed by atoms with E-state index in [1.807, 2.05) is 0 Å². The highest BCUT2D eigenvalue weighted by atomic mass is 16.5. The topological polar surface area (TPSA) is 276 Å². The number of unbranched alkanes of at least 4 members (excludes halogenated alkanes) is 14. The highest BCUT2D eigenvalue weighted by Crippen LogP contribution is 2.18. The van der Waals surface area contributed by atoms with Gasteiger partial charge in [-0.2, -0.15) is 0 Å². The molecule has 0 bridgehead atoms. The molecule has 18 nitrogen and oxygen atoms in total. The molecule has 0 aromatic heterocycles. The molecule has 0 radical (unpaired) electrons. The summed E-state index contributed by atoms with van der Waals surface area (Å²) in [7, 11) is 0. The van der Waals surface area contributed by atoms with Gasteiger partial charge in [0.05, 0.1) is 57.1 Å². The Balaban J connectivity index is -0.0000218. The van der Waals surface area contributed by atoms with Crippen molar-refractivity contribution in [3.05, 3.63) is 0 Å². The number of nitrogens with one attached hydrogen (secondary N) is 3. The van der Waals surface area contributed by atoms with Crippen LogP contribution >= 0.6 is 0 Å². The Morgan fingerprint density at radius 2 is 1.01 bits per heavy atom. The lowest BCUT2D eigenvalue weighted by atomic mass is 9.93. The van der Waals surface area contributed by atoms with Crippen LogP contribution in [0, 0.1) is 5.92 Å². The fraction of sp³-hybridized carbons (Fsp3) is 0.837. The van der Waals surface area contributed by atoms with E-state index >= 15 is 0 Å². The molecule has 2 atom stereocenters. The molecule has 0 aliphatic heterocycles. The third-order valence-corrected chi connectivity index (χ3v) is 11.2. The van der Waals surface area contributed by atoms with Gasteiger partial charge in [0.1, 0.15) is 30.6 Å². The number of ether oxygens (including phenoxy) is 4. The average Bonchev–Trinajstić information content (AvgIpc) is 3.26. The maximum absolute atomic E-state index is 12.5. The Bertz CT molecular complexity index is 1400. The Kier molecular flexibility index (Phi) is 40.1. The minimum absolute atomic E-state index is 0. The summed E-state index contributed by atoms with van der Waals surface area (Å²) >= 11 is 0. The highest BCUT2D eigenvalue weighted by molar-refractivity contribution is 5.90. The second-order valence-electron chi connectivity index (χ2n) is 18.0. The summed E-state index contributed by atoms with van der Waals surface area (Å²) in [4.78, 5) is 95.0. The molecule has 0 rings (SSSR count). The van der Waals surface area contributed by atoms with E-state index in [0.717, 1.165) is 44.9 Å². The standard InChI is InChI=1S/C49H88N4O14.2H2/c1-39(54)43(53-36-44(57)49(2,3)50)23-18-19-27-51-45(58)37-67-34-32-65-30-28-52-46(59)38-66-33-31-64-29-20-22-41(55)26-25-40(48(62)63)35-42(56)21-16-14-12-10-8-6-4-5-7-9-11-13-15-17-24-47(60)61;;/h40,43,53H,4-38,50H2,1-3H3,(H,51,58)(H,52,59)(H,60,61)(H,62,63);2*1H/t40-,43?;;/m1../s1. The Morgan fingerprint density at radius 3 is 1.52 bits per heavy atom. The number of carbonyl (C=O) groups excluding carboxylic acids is 6.